The predicted octanol–water partition coefficient (Wildman–Crippen LogP) is 3.78. The van der Waals surface area contributed by atoms with Crippen molar-refractivity contribution >= 4 is 21.8 Å². The normalized spacial score (nSPS) is 31.1. The molecule has 1 N–H and O–H groups in total. The average Bonchev–Trinajstić information content (AvgIpc) is 2.71. The SMILES string of the molecule is O=C(CC1CCCC1)NC1CCCCCC1Br. The summed E-state index contributed by atoms with van der Waals surface area (Å²) >= 11 is 3.73. The van der Waals surface area contributed by atoms with Crippen LogP contribution in [0.5, 0.6) is 0 Å². The molecule has 0 aromatic rings. The zero-order valence-corrected chi connectivity index (χ0v) is 12.2. The lowest BCUT2D eigenvalue weighted by atomic mass is 10.0. The number of alkyl halides is 1. The molecule has 2 rings (SSSR count). The van der Waals surface area contributed by atoms with Crippen molar-refractivity contribution in [1.29, 1.82) is 0 Å². The molecule has 3 heteroatoms. The number of hydrogen-bond donors (Lipinski definition) is 1. The van der Waals surface area contributed by atoms with Crippen LogP contribution >= 0.6 is 15.9 Å². The molecule has 2 aliphatic rings. The maximum atomic E-state index is 12.0. The lowest BCUT2D eigenvalue weighted by molar-refractivity contribution is -0.122. The molecule has 0 spiro atoms. The summed E-state index contributed by atoms with van der Waals surface area (Å²) in [6, 6.07) is 0.367. The van der Waals surface area contributed by atoms with Crippen LogP contribution in [0.3, 0.4) is 0 Å². The molecular formula is C14H24BrNO. The van der Waals surface area contributed by atoms with E-state index in [1.165, 1.54) is 51.4 Å². The second-order valence-corrected chi connectivity index (χ2v) is 6.86. The third-order valence-electron chi connectivity index (χ3n) is 4.23. The van der Waals surface area contributed by atoms with Gasteiger partial charge in [0.1, 0.15) is 0 Å². The summed E-state index contributed by atoms with van der Waals surface area (Å²) in [6.45, 7) is 0. The standard InChI is InChI=1S/C14H24BrNO/c15-12-8-2-1-3-9-13(12)16-14(17)10-11-6-4-5-7-11/h11-13H,1-10H2,(H,16,17). The van der Waals surface area contributed by atoms with Crippen molar-refractivity contribution in [3.63, 3.8) is 0 Å². The highest BCUT2D eigenvalue weighted by atomic mass is 79.9. The summed E-state index contributed by atoms with van der Waals surface area (Å²) in [6.07, 6.45) is 12.1. The summed E-state index contributed by atoms with van der Waals surface area (Å²) in [5.74, 6) is 0.947. The Kier molecular flexibility index (Phi) is 5.33. The molecule has 0 radical (unpaired) electrons. The van der Waals surface area contributed by atoms with E-state index in [4.69, 9.17) is 0 Å². The van der Waals surface area contributed by atoms with Gasteiger partial charge in [-0.3, -0.25) is 4.79 Å². The van der Waals surface area contributed by atoms with Gasteiger partial charge in [0.25, 0.3) is 0 Å². The monoisotopic (exact) mass is 301 g/mol. The third kappa shape index (κ3) is 4.27. The molecule has 2 aliphatic carbocycles. The van der Waals surface area contributed by atoms with Gasteiger partial charge < -0.3 is 5.32 Å². The van der Waals surface area contributed by atoms with Crippen molar-refractivity contribution in [3.05, 3.63) is 0 Å². The van der Waals surface area contributed by atoms with E-state index >= 15 is 0 Å². The minimum Gasteiger partial charge on any atom is -0.352 e. The average molecular weight is 302 g/mol. The lowest BCUT2D eigenvalue weighted by Crippen LogP contribution is -2.40. The fourth-order valence-electron chi connectivity index (χ4n) is 3.17. The van der Waals surface area contributed by atoms with E-state index in [9.17, 15) is 4.79 Å². The predicted molar refractivity (Wildman–Crippen MR) is 74.3 cm³/mol. The Morgan fingerprint density at radius 1 is 1.00 bits per heavy atom. The fraction of sp³-hybridized carbons (Fsp3) is 0.929. The molecule has 1 amide bonds. The molecule has 0 saturated heterocycles. The van der Waals surface area contributed by atoms with Crippen LogP contribution in [0.2, 0.25) is 0 Å². The molecule has 0 bridgehead atoms. The molecule has 2 unspecified atom stereocenters. The van der Waals surface area contributed by atoms with E-state index in [1.54, 1.807) is 0 Å². The Morgan fingerprint density at radius 3 is 2.41 bits per heavy atom. The van der Waals surface area contributed by atoms with Gasteiger partial charge in [0.2, 0.25) is 5.91 Å². The van der Waals surface area contributed by atoms with Gasteiger partial charge in [0.05, 0.1) is 0 Å². The van der Waals surface area contributed by atoms with E-state index in [-0.39, 0.29) is 5.91 Å². The zero-order valence-electron chi connectivity index (χ0n) is 10.6. The van der Waals surface area contributed by atoms with Gasteiger partial charge in [-0.15, -0.1) is 0 Å². The van der Waals surface area contributed by atoms with Crippen molar-refractivity contribution in [2.45, 2.75) is 75.1 Å². The van der Waals surface area contributed by atoms with Crippen LogP contribution in [0.15, 0.2) is 0 Å². The molecule has 17 heavy (non-hydrogen) atoms. The number of carbonyl (C=O) groups excluding carboxylic acids is 1. The summed E-state index contributed by atoms with van der Waals surface area (Å²) < 4.78 is 0. The maximum absolute atomic E-state index is 12.0. The van der Waals surface area contributed by atoms with Crippen LogP contribution in [0, 0.1) is 5.92 Å². The van der Waals surface area contributed by atoms with Gasteiger partial charge in [0.15, 0.2) is 0 Å². The second-order valence-electron chi connectivity index (χ2n) is 5.68. The van der Waals surface area contributed by atoms with E-state index < -0.39 is 0 Å². The largest absolute Gasteiger partial charge is 0.352 e. The summed E-state index contributed by atoms with van der Waals surface area (Å²) in [5, 5.41) is 3.25. The van der Waals surface area contributed by atoms with Crippen LogP contribution in [0.25, 0.3) is 0 Å². The van der Waals surface area contributed by atoms with Gasteiger partial charge in [-0.05, 0) is 31.6 Å². The molecular weight excluding hydrogens is 278 g/mol. The molecule has 0 heterocycles. The first-order valence-electron chi connectivity index (χ1n) is 7.19. The van der Waals surface area contributed by atoms with Crippen molar-refractivity contribution < 1.29 is 4.79 Å². The van der Waals surface area contributed by atoms with E-state index in [2.05, 4.69) is 21.2 Å². The topological polar surface area (TPSA) is 29.1 Å². The molecule has 2 nitrogen and oxygen atoms in total. The second kappa shape index (κ2) is 6.77. The first-order valence-corrected chi connectivity index (χ1v) is 8.10. The van der Waals surface area contributed by atoms with Crippen LogP contribution < -0.4 is 5.32 Å². The minimum atomic E-state index is 0.285. The molecule has 0 aliphatic heterocycles. The summed E-state index contributed by atoms with van der Waals surface area (Å²) in [7, 11) is 0. The molecule has 2 saturated carbocycles. The quantitative estimate of drug-likeness (QED) is 0.624. The first kappa shape index (κ1) is 13.4. The van der Waals surface area contributed by atoms with E-state index in [1.807, 2.05) is 0 Å². The Balaban J connectivity index is 1.75. The van der Waals surface area contributed by atoms with Gasteiger partial charge in [0, 0.05) is 17.3 Å². The van der Waals surface area contributed by atoms with Crippen LogP contribution in [0.4, 0.5) is 0 Å². The highest BCUT2D eigenvalue weighted by Gasteiger charge is 2.24. The Hall–Kier alpha value is -0.0500. The zero-order chi connectivity index (χ0) is 12.1. The van der Waals surface area contributed by atoms with Crippen molar-refractivity contribution in [3.8, 4) is 0 Å². The number of carbonyl (C=O) groups is 1. The third-order valence-corrected chi connectivity index (χ3v) is 5.32. The number of nitrogens with one attached hydrogen (secondary N) is 1. The Bertz CT molecular complexity index is 251. The molecule has 2 atom stereocenters. The Morgan fingerprint density at radius 2 is 1.65 bits per heavy atom. The maximum Gasteiger partial charge on any atom is 0.220 e. The Labute approximate surface area is 113 Å². The summed E-state index contributed by atoms with van der Waals surface area (Å²) in [5.41, 5.74) is 0. The van der Waals surface area contributed by atoms with Crippen molar-refractivity contribution in [2.24, 2.45) is 5.92 Å². The molecule has 98 valence electrons. The number of halogens is 1. The van der Waals surface area contributed by atoms with E-state index in [0.717, 1.165) is 12.8 Å². The van der Waals surface area contributed by atoms with Gasteiger partial charge in [-0.1, -0.05) is 48.0 Å². The highest BCUT2D eigenvalue weighted by molar-refractivity contribution is 9.09. The molecule has 2 fully saturated rings. The minimum absolute atomic E-state index is 0.285. The number of hydrogen-bond acceptors (Lipinski definition) is 1. The van der Waals surface area contributed by atoms with Crippen LogP contribution in [-0.2, 0) is 4.79 Å². The first-order chi connectivity index (χ1) is 8.25. The van der Waals surface area contributed by atoms with E-state index in [0.29, 0.717) is 16.8 Å². The smallest absolute Gasteiger partial charge is 0.220 e. The van der Waals surface area contributed by atoms with Gasteiger partial charge >= 0.3 is 0 Å². The van der Waals surface area contributed by atoms with Crippen molar-refractivity contribution in [2.75, 3.05) is 0 Å². The summed E-state index contributed by atoms with van der Waals surface area (Å²) in [4.78, 5) is 12.5. The molecule has 0 aromatic carbocycles. The molecule has 0 aromatic heterocycles. The van der Waals surface area contributed by atoms with Crippen LogP contribution in [-0.4, -0.2) is 16.8 Å². The van der Waals surface area contributed by atoms with Crippen molar-refractivity contribution in [1.82, 2.24) is 5.32 Å². The van der Waals surface area contributed by atoms with Gasteiger partial charge in [-0.2, -0.15) is 0 Å². The lowest BCUT2D eigenvalue weighted by Gasteiger charge is -2.22. The highest BCUT2D eigenvalue weighted by Crippen LogP contribution is 2.28. The van der Waals surface area contributed by atoms with Gasteiger partial charge in [-0.25, -0.2) is 0 Å². The number of amides is 1. The number of rotatable bonds is 3. The fourth-order valence-corrected chi connectivity index (χ4v) is 3.89. The van der Waals surface area contributed by atoms with Crippen LogP contribution in [0.1, 0.15) is 64.2 Å².